The van der Waals surface area contributed by atoms with Gasteiger partial charge in [0.25, 0.3) is 5.69 Å². The van der Waals surface area contributed by atoms with Gasteiger partial charge in [0.1, 0.15) is 0 Å². The number of piperidine rings is 1. The van der Waals surface area contributed by atoms with Gasteiger partial charge in [0.2, 0.25) is 0 Å². The molecule has 5 nitrogen and oxygen atoms in total. The van der Waals surface area contributed by atoms with E-state index in [0.717, 1.165) is 30.1 Å². The first-order chi connectivity index (χ1) is 10.1. The van der Waals surface area contributed by atoms with E-state index in [1.54, 1.807) is 12.1 Å². The maximum Gasteiger partial charge on any atom is 0.269 e. The first-order valence-electron chi connectivity index (χ1n) is 7.79. The van der Waals surface area contributed by atoms with E-state index in [2.05, 4.69) is 17.3 Å². The molecule has 1 aromatic carbocycles. The van der Waals surface area contributed by atoms with Crippen molar-refractivity contribution in [3.05, 3.63) is 39.9 Å². The van der Waals surface area contributed by atoms with Crippen molar-refractivity contribution in [1.29, 1.82) is 0 Å². The molecule has 2 bridgehead atoms. The van der Waals surface area contributed by atoms with E-state index in [-0.39, 0.29) is 10.6 Å². The van der Waals surface area contributed by atoms with E-state index in [9.17, 15) is 10.1 Å². The van der Waals surface area contributed by atoms with Crippen LogP contribution in [0.3, 0.4) is 0 Å². The second-order valence-corrected chi connectivity index (χ2v) is 6.45. The third-order valence-electron chi connectivity index (χ3n) is 5.08. The number of nitrogens with one attached hydrogen (secondary N) is 1. The minimum atomic E-state index is -0.335. The Balaban J connectivity index is 1.48. The van der Waals surface area contributed by atoms with Gasteiger partial charge in [-0.25, -0.2) is 0 Å². The van der Waals surface area contributed by atoms with Crippen molar-refractivity contribution in [2.24, 2.45) is 5.92 Å². The lowest BCUT2D eigenvalue weighted by molar-refractivity contribution is -0.384. The maximum absolute atomic E-state index is 10.8. The molecule has 114 valence electrons. The molecule has 1 N–H and O–H groups in total. The minimum Gasteiger partial charge on any atom is -0.312 e. The third-order valence-corrected chi connectivity index (χ3v) is 5.08. The molecule has 2 heterocycles. The van der Waals surface area contributed by atoms with Gasteiger partial charge in [0.15, 0.2) is 0 Å². The van der Waals surface area contributed by atoms with Crippen LogP contribution in [-0.4, -0.2) is 35.5 Å². The summed E-state index contributed by atoms with van der Waals surface area (Å²) < 4.78 is 0. The number of nitro groups is 1. The zero-order valence-electron chi connectivity index (χ0n) is 12.5. The van der Waals surface area contributed by atoms with Gasteiger partial charge in [-0.3, -0.25) is 10.1 Å². The van der Waals surface area contributed by atoms with Crippen LogP contribution in [0.1, 0.15) is 31.2 Å². The molecule has 1 aromatic rings. The molecule has 2 fully saturated rings. The molecule has 5 heteroatoms. The van der Waals surface area contributed by atoms with Gasteiger partial charge in [-0.15, -0.1) is 0 Å². The van der Waals surface area contributed by atoms with Crippen LogP contribution in [0.15, 0.2) is 24.3 Å². The third kappa shape index (κ3) is 3.24. The van der Waals surface area contributed by atoms with Crippen molar-refractivity contribution in [2.45, 2.75) is 44.3 Å². The summed E-state index contributed by atoms with van der Waals surface area (Å²) in [5.74, 6) is 0.748. The van der Waals surface area contributed by atoms with E-state index < -0.39 is 0 Å². The second kappa shape index (κ2) is 6.12. The van der Waals surface area contributed by atoms with Crippen molar-refractivity contribution in [3.8, 4) is 0 Å². The van der Waals surface area contributed by atoms with Crippen LogP contribution in [0.4, 0.5) is 5.69 Å². The number of nitrogens with zero attached hydrogens (tertiary/aromatic N) is 2. The molecule has 0 amide bonds. The van der Waals surface area contributed by atoms with Crippen LogP contribution in [0.2, 0.25) is 0 Å². The molecule has 3 rings (SSSR count). The van der Waals surface area contributed by atoms with E-state index in [1.807, 2.05) is 6.07 Å². The molecule has 0 spiro atoms. The van der Waals surface area contributed by atoms with Crippen molar-refractivity contribution < 1.29 is 4.92 Å². The molecule has 2 saturated heterocycles. The molecule has 0 saturated carbocycles. The Bertz CT molecular complexity index is 506. The summed E-state index contributed by atoms with van der Waals surface area (Å²) in [5, 5.41) is 14.2. The second-order valence-electron chi connectivity index (χ2n) is 6.45. The van der Waals surface area contributed by atoms with Crippen LogP contribution >= 0.6 is 0 Å². The quantitative estimate of drug-likeness (QED) is 0.668. The SMILES string of the molecule is CN1C2CCC1CC(CNCc1cccc([N+](=O)[O-])c1)C2. The fraction of sp³-hybridized carbons (Fsp3) is 0.625. The highest BCUT2D eigenvalue weighted by molar-refractivity contribution is 5.34. The van der Waals surface area contributed by atoms with Crippen molar-refractivity contribution in [1.82, 2.24) is 10.2 Å². The number of hydrogen-bond acceptors (Lipinski definition) is 4. The fourth-order valence-electron chi connectivity index (χ4n) is 3.89. The van der Waals surface area contributed by atoms with Crippen molar-refractivity contribution in [3.63, 3.8) is 0 Å². The minimum absolute atomic E-state index is 0.173. The monoisotopic (exact) mass is 289 g/mol. The predicted molar refractivity (Wildman–Crippen MR) is 82.1 cm³/mol. The zero-order valence-corrected chi connectivity index (χ0v) is 12.5. The number of non-ortho nitro benzene ring substituents is 1. The van der Waals surface area contributed by atoms with E-state index >= 15 is 0 Å². The van der Waals surface area contributed by atoms with Crippen LogP contribution in [-0.2, 0) is 6.54 Å². The van der Waals surface area contributed by atoms with Crippen molar-refractivity contribution >= 4 is 5.69 Å². The maximum atomic E-state index is 10.8. The van der Waals surface area contributed by atoms with Crippen LogP contribution in [0.25, 0.3) is 0 Å². The molecule has 0 aliphatic carbocycles. The summed E-state index contributed by atoms with van der Waals surface area (Å²) in [6, 6.07) is 8.44. The lowest BCUT2D eigenvalue weighted by atomic mass is 9.91. The van der Waals surface area contributed by atoms with E-state index in [1.165, 1.54) is 31.7 Å². The smallest absolute Gasteiger partial charge is 0.269 e. The van der Waals surface area contributed by atoms with Gasteiger partial charge in [-0.05, 0) is 50.8 Å². The fourth-order valence-corrected chi connectivity index (χ4v) is 3.89. The highest BCUT2D eigenvalue weighted by atomic mass is 16.6. The Morgan fingerprint density at radius 2 is 2.05 bits per heavy atom. The lowest BCUT2D eigenvalue weighted by Crippen LogP contribution is -2.42. The molecular weight excluding hydrogens is 266 g/mol. The first kappa shape index (κ1) is 14.5. The molecule has 0 aromatic heterocycles. The lowest BCUT2D eigenvalue weighted by Gasteiger charge is -2.36. The molecule has 2 aliphatic heterocycles. The number of rotatable bonds is 5. The number of benzene rings is 1. The van der Waals surface area contributed by atoms with Gasteiger partial charge in [-0.1, -0.05) is 12.1 Å². The van der Waals surface area contributed by atoms with Crippen LogP contribution in [0, 0.1) is 16.0 Å². The Labute approximate surface area is 125 Å². The van der Waals surface area contributed by atoms with Gasteiger partial charge in [0, 0.05) is 30.8 Å². The summed E-state index contributed by atoms with van der Waals surface area (Å²) in [4.78, 5) is 13.0. The summed E-state index contributed by atoms with van der Waals surface area (Å²) in [7, 11) is 2.26. The van der Waals surface area contributed by atoms with Gasteiger partial charge >= 0.3 is 0 Å². The van der Waals surface area contributed by atoms with Crippen LogP contribution < -0.4 is 5.32 Å². The number of nitro benzene ring substituents is 1. The van der Waals surface area contributed by atoms with E-state index in [0.29, 0.717) is 6.54 Å². The molecule has 21 heavy (non-hydrogen) atoms. The van der Waals surface area contributed by atoms with Gasteiger partial charge < -0.3 is 10.2 Å². The topological polar surface area (TPSA) is 58.4 Å². The summed E-state index contributed by atoms with van der Waals surface area (Å²) in [6.45, 7) is 1.73. The Hall–Kier alpha value is -1.46. The first-order valence-corrected chi connectivity index (χ1v) is 7.79. The Morgan fingerprint density at radius 1 is 1.33 bits per heavy atom. The number of fused-ring (bicyclic) bond motifs is 2. The van der Waals surface area contributed by atoms with Gasteiger partial charge in [0.05, 0.1) is 4.92 Å². The zero-order chi connectivity index (χ0) is 14.8. The largest absolute Gasteiger partial charge is 0.312 e. The average Bonchev–Trinajstić information content (AvgIpc) is 2.70. The predicted octanol–water partition coefficient (Wildman–Crippen LogP) is 2.56. The van der Waals surface area contributed by atoms with Crippen LogP contribution in [0.5, 0.6) is 0 Å². The highest BCUT2D eigenvalue weighted by Crippen LogP contribution is 2.37. The molecule has 2 unspecified atom stereocenters. The average molecular weight is 289 g/mol. The highest BCUT2D eigenvalue weighted by Gasteiger charge is 2.37. The van der Waals surface area contributed by atoms with E-state index in [4.69, 9.17) is 0 Å². The normalized spacial score (nSPS) is 28.7. The summed E-state index contributed by atoms with van der Waals surface area (Å²) in [5.41, 5.74) is 1.16. The Morgan fingerprint density at radius 3 is 2.71 bits per heavy atom. The molecule has 2 aliphatic rings. The van der Waals surface area contributed by atoms with Gasteiger partial charge in [-0.2, -0.15) is 0 Å². The Kier molecular flexibility index (Phi) is 4.22. The number of hydrogen-bond donors (Lipinski definition) is 1. The van der Waals surface area contributed by atoms with Crippen molar-refractivity contribution in [2.75, 3.05) is 13.6 Å². The standard InChI is InChI=1S/C16H23N3O2/c1-18-14-5-6-15(18)9-13(8-14)11-17-10-12-3-2-4-16(7-12)19(20)21/h2-4,7,13-15,17H,5-6,8-11H2,1H3. The summed E-state index contributed by atoms with van der Waals surface area (Å²) in [6.07, 6.45) is 5.27. The molecule has 0 radical (unpaired) electrons. The molecular formula is C16H23N3O2. The summed E-state index contributed by atoms with van der Waals surface area (Å²) >= 11 is 0. The molecule has 2 atom stereocenters.